The summed E-state index contributed by atoms with van der Waals surface area (Å²) in [5.41, 5.74) is 2.74. The largest absolute Gasteiger partial charge is 0.464 e. The van der Waals surface area contributed by atoms with Crippen LogP contribution < -0.4 is 0 Å². The molecule has 0 aliphatic carbocycles. The van der Waals surface area contributed by atoms with Crippen LogP contribution >= 0.6 is 0 Å². The molecule has 0 saturated carbocycles. The highest BCUT2D eigenvalue weighted by atomic mass is 32.2. The first-order valence-corrected chi connectivity index (χ1v) is 10.5. The van der Waals surface area contributed by atoms with E-state index in [1.54, 1.807) is 35.4 Å². The lowest BCUT2D eigenvalue weighted by atomic mass is 10.2. The summed E-state index contributed by atoms with van der Waals surface area (Å²) in [6, 6.07) is 6.66. The third-order valence-corrected chi connectivity index (χ3v) is 7.36. The average molecular weight is 388 g/mol. The first-order chi connectivity index (χ1) is 13.0. The van der Waals surface area contributed by atoms with Crippen molar-refractivity contribution in [1.29, 1.82) is 0 Å². The number of hydrogen-bond donors (Lipinski definition) is 0. The summed E-state index contributed by atoms with van der Waals surface area (Å²) in [6.45, 7) is 2.33. The van der Waals surface area contributed by atoms with Crippen molar-refractivity contribution in [2.45, 2.75) is 23.8 Å². The van der Waals surface area contributed by atoms with Crippen LogP contribution in [0.1, 0.15) is 12.8 Å². The molecule has 1 aromatic heterocycles. The molecule has 27 heavy (non-hydrogen) atoms. The lowest BCUT2D eigenvalue weighted by Gasteiger charge is -2.24. The highest BCUT2D eigenvalue weighted by molar-refractivity contribution is 7.89. The Balaban J connectivity index is 1.30. The Morgan fingerprint density at radius 2 is 1.85 bits per heavy atom. The molecular weight excluding hydrogens is 368 g/mol. The molecule has 1 aromatic carbocycles. The summed E-state index contributed by atoms with van der Waals surface area (Å²) in [4.78, 5) is 14.6. The Hall–Kier alpha value is -2.16. The van der Waals surface area contributed by atoms with Crippen molar-refractivity contribution in [1.82, 2.24) is 9.21 Å². The van der Waals surface area contributed by atoms with E-state index in [0.29, 0.717) is 38.4 Å². The van der Waals surface area contributed by atoms with Gasteiger partial charge in [-0.25, -0.2) is 8.42 Å². The zero-order valence-electron chi connectivity index (χ0n) is 14.8. The minimum absolute atomic E-state index is 0.0294. The van der Waals surface area contributed by atoms with Gasteiger partial charge in [-0.15, -0.1) is 0 Å². The van der Waals surface area contributed by atoms with Crippen molar-refractivity contribution in [3.05, 3.63) is 41.7 Å². The zero-order valence-corrected chi connectivity index (χ0v) is 15.6. The van der Waals surface area contributed by atoms with Crippen molar-refractivity contribution in [3.8, 4) is 0 Å². The second kappa shape index (κ2) is 6.19. The minimum atomic E-state index is -3.58. The van der Waals surface area contributed by atoms with Gasteiger partial charge in [0.25, 0.3) is 5.91 Å². The molecule has 5 rings (SSSR count). The zero-order chi connectivity index (χ0) is 18.6. The summed E-state index contributed by atoms with van der Waals surface area (Å²) < 4.78 is 38.3. The predicted molar refractivity (Wildman–Crippen MR) is 97.6 cm³/mol. The molecule has 0 radical (unpaired) electrons. The van der Waals surface area contributed by atoms with Crippen LogP contribution in [0.25, 0.3) is 11.0 Å². The molecule has 1 unspecified atom stereocenters. The van der Waals surface area contributed by atoms with Gasteiger partial charge in [0, 0.05) is 38.2 Å². The minimum Gasteiger partial charge on any atom is -0.464 e. The van der Waals surface area contributed by atoms with Crippen LogP contribution in [0.2, 0.25) is 0 Å². The van der Waals surface area contributed by atoms with E-state index in [9.17, 15) is 13.2 Å². The van der Waals surface area contributed by atoms with Crippen molar-refractivity contribution in [2.24, 2.45) is 0 Å². The van der Waals surface area contributed by atoms with E-state index in [1.165, 1.54) is 4.31 Å². The number of nitrogens with zero attached hydrogens (tertiary/aromatic N) is 2. The molecule has 8 heteroatoms. The summed E-state index contributed by atoms with van der Waals surface area (Å²) in [5.74, 6) is 0.0294. The van der Waals surface area contributed by atoms with Crippen molar-refractivity contribution in [3.63, 3.8) is 0 Å². The molecule has 4 heterocycles. The van der Waals surface area contributed by atoms with Crippen molar-refractivity contribution < 1.29 is 22.4 Å². The fraction of sp³-hybridized carbons (Fsp3) is 0.421. The van der Waals surface area contributed by atoms with Crippen LogP contribution in [0.15, 0.2) is 51.0 Å². The van der Waals surface area contributed by atoms with Crippen LogP contribution in [0.5, 0.6) is 0 Å². The van der Waals surface area contributed by atoms with Crippen molar-refractivity contribution >= 4 is 26.9 Å². The summed E-state index contributed by atoms with van der Waals surface area (Å²) in [5, 5.41) is 0.768. The van der Waals surface area contributed by atoms with Gasteiger partial charge in [-0.3, -0.25) is 4.79 Å². The molecule has 142 valence electrons. The standard InChI is InChI=1S/C19H20N2O5S/c22-19(18-2-1-6-25-18)20-9-14-11-21(12-15(14)10-20)27(23,24)16-3-4-17-13(8-16)5-7-26-17/h3-5,7-8,18H,1-2,6,9-12H2. The number of furan rings is 1. The quantitative estimate of drug-likeness (QED) is 0.749. The van der Waals surface area contributed by atoms with Gasteiger partial charge in [0.15, 0.2) is 0 Å². The maximum Gasteiger partial charge on any atom is 0.252 e. The lowest BCUT2D eigenvalue weighted by molar-refractivity contribution is -0.139. The van der Waals surface area contributed by atoms with E-state index in [2.05, 4.69) is 0 Å². The Morgan fingerprint density at radius 1 is 1.07 bits per heavy atom. The smallest absolute Gasteiger partial charge is 0.252 e. The number of benzene rings is 1. The summed E-state index contributed by atoms with van der Waals surface area (Å²) >= 11 is 0. The predicted octanol–water partition coefficient (Wildman–Crippen LogP) is 1.75. The fourth-order valence-corrected chi connectivity index (χ4v) is 5.57. The number of fused-ring (bicyclic) bond motifs is 1. The SMILES string of the molecule is O=C(C1CCCO1)N1CC2=C(C1)CN(S(=O)(=O)c1ccc3occc3c1)C2. The van der Waals surface area contributed by atoms with Crippen LogP contribution in [0.3, 0.4) is 0 Å². The number of ether oxygens (including phenoxy) is 1. The second-order valence-corrected chi connectivity index (χ2v) is 9.23. The van der Waals surface area contributed by atoms with Gasteiger partial charge in [-0.1, -0.05) is 0 Å². The molecule has 3 aliphatic heterocycles. The Kier molecular flexibility index (Phi) is 3.89. The third-order valence-electron chi connectivity index (χ3n) is 5.58. The van der Waals surface area contributed by atoms with Gasteiger partial charge >= 0.3 is 0 Å². The van der Waals surface area contributed by atoms with E-state index in [-0.39, 0.29) is 16.9 Å². The van der Waals surface area contributed by atoms with E-state index in [0.717, 1.165) is 29.4 Å². The molecule has 7 nitrogen and oxygen atoms in total. The third kappa shape index (κ3) is 2.79. The average Bonchev–Trinajstić information content (AvgIpc) is 3.43. The first kappa shape index (κ1) is 17.0. The van der Waals surface area contributed by atoms with Crippen LogP contribution in [0, 0.1) is 0 Å². The van der Waals surface area contributed by atoms with E-state index in [4.69, 9.17) is 9.15 Å². The molecule has 0 N–H and O–H groups in total. The van der Waals surface area contributed by atoms with Gasteiger partial charge in [-0.05, 0) is 48.3 Å². The number of carbonyl (C=O) groups excluding carboxylic acids is 1. The second-order valence-electron chi connectivity index (χ2n) is 7.30. The van der Waals surface area contributed by atoms with E-state index in [1.807, 2.05) is 0 Å². The number of carbonyl (C=O) groups is 1. The van der Waals surface area contributed by atoms with Crippen molar-refractivity contribution in [2.75, 3.05) is 32.8 Å². The number of amides is 1. The molecule has 0 bridgehead atoms. The van der Waals surface area contributed by atoms with Gasteiger partial charge in [0.1, 0.15) is 11.7 Å². The molecule has 0 spiro atoms. The normalized spacial score (nSPS) is 23.6. The first-order valence-electron chi connectivity index (χ1n) is 9.10. The van der Waals surface area contributed by atoms with Crippen LogP contribution in [0.4, 0.5) is 0 Å². The Morgan fingerprint density at radius 3 is 2.56 bits per heavy atom. The van der Waals surface area contributed by atoms with Gasteiger partial charge in [0.2, 0.25) is 10.0 Å². The van der Waals surface area contributed by atoms with Crippen LogP contribution in [-0.4, -0.2) is 62.4 Å². The molecule has 1 fully saturated rings. The van der Waals surface area contributed by atoms with Gasteiger partial charge in [-0.2, -0.15) is 4.31 Å². The van der Waals surface area contributed by atoms with E-state index >= 15 is 0 Å². The van der Waals surface area contributed by atoms with Gasteiger partial charge in [0.05, 0.1) is 11.2 Å². The lowest BCUT2D eigenvalue weighted by Crippen LogP contribution is -2.40. The Labute approximate surface area is 157 Å². The molecular formula is C19H20N2O5S. The molecule has 3 aliphatic rings. The van der Waals surface area contributed by atoms with Crippen LogP contribution in [-0.2, 0) is 19.6 Å². The summed E-state index contributed by atoms with van der Waals surface area (Å²) in [6.07, 6.45) is 2.92. The topological polar surface area (TPSA) is 80.1 Å². The number of hydrogen-bond acceptors (Lipinski definition) is 5. The van der Waals surface area contributed by atoms with E-state index < -0.39 is 10.0 Å². The Bertz CT molecular complexity index is 1030. The molecule has 1 atom stereocenters. The summed E-state index contributed by atoms with van der Waals surface area (Å²) in [7, 11) is -3.58. The van der Waals surface area contributed by atoms with Gasteiger partial charge < -0.3 is 14.1 Å². The highest BCUT2D eigenvalue weighted by Gasteiger charge is 2.39. The number of sulfonamides is 1. The number of rotatable bonds is 3. The monoisotopic (exact) mass is 388 g/mol. The maximum absolute atomic E-state index is 13.0. The highest BCUT2D eigenvalue weighted by Crippen LogP contribution is 2.32. The molecule has 1 amide bonds. The molecule has 2 aromatic rings. The molecule has 1 saturated heterocycles. The maximum atomic E-state index is 13.0. The fourth-order valence-electron chi connectivity index (χ4n) is 4.10.